The zero-order valence-corrected chi connectivity index (χ0v) is 11.2. The first-order valence-corrected chi connectivity index (χ1v) is 5.65. The smallest absolute Gasteiger partial charge is 0.121 e. The molecule has 0 saturated heterocycles. The van der Waals surface area contributed by atoms with E-state index in [1.165, 1.54) is 6.92 Å². The molecule has 0 aliphatic heterocycles. The van der Waals surface area contributed by atoms with Crippen LogP contribution in [0.2, 0.25) is 0 Å². The van der Waals surface area contributed by atoms with Crippen LogP contribution in [-0.2, 0) is 4.74 Å². The highest BCUT2D eigenvalue weighted by Crippen LogP contribution is 2.11. The molecule has 0 aromatic heterocycles. The average molecular weight is 252 g/mol. The van der Waals surface area contributed by atoms with Gasteiger partial charge in [-0.3, -0.25) is 5.84 Å². The maximum absolute atomic E-state index is 13.1. The van der Waals surface area contributed by atoms with Crippen molar-refractivity contribution in [3.8, 4) is 0 Å². The molecule has 4 heteroatoms. The lowest BCUT2D eigenvalue weighted by Gasteiger charge is -2.08. The van der Waals surface area contributed by atoms with Crippen molar-refractivity contribution in [2.45, 2.75) is 20.8 Å². The quantitative estimate of drug-likeness (QED) is 0.316. The second-order valence-electron chi connectivity index (χ2n) is 3.55. The van der Waals surface area contributed by atoms with Gasteiger partial charge in [0.15, 0.2) is 0 Å². The predicted molar refractivity (Wildman–Crippen MR) is 73.9 cm³/mol. The number of halogens is 1. The molecule has 0 atom stereocenters. The van der Waals surface area contributed by atoms with E-state index in [0.29, 0.717) is 17.9 Å². The topological polar surface area (TPSA) is 47.3 Å². The second kappa shape index (κ2) is 9.24. The van der Waals surface area contributed by atoms with Gasteiger partial charge in [-0.1, -0.05) is 18.7 Å². The van der Waals surface area contributed by atoms with E-state index >= 15 is 0 Å². The third kappa shape index (κ3) is 6.06. The number of hydrazine groups is 1. The molecular formula is C14H21FN2O. The zero-order valence-electron chi connectivity index (χ0n) is 11.2. The van der Waals surface area contributed by atoms with Gasteiger partial charge >= 0.3 is 0 Å². The molecule has 0 fully saturated rings. The first-order chi connectivity index (χ1) is 8.56. The highest BCUT2D eigenvalue weighted by atomic mass is 19.1. The van der Waals surface area contributed by atoms with Crippen LogP contribution in [0.25, 0.3) is 0 Å². The molecule has 3 N–H and O–H groups in total. The fraction of sp³-hybridized carbons (Fsp3) is 0.286. The molecule has 0 saturated carbocycles. The molecular weight excluding hydrogens is 231 g/mol. The number of ether oxygens (including phenoxy) is 1. The molecule has 0 aromatic carbocycles. The van der Waals surface area contributed by atoms with Crippen LogP contribution >= 0.6 is 0 Å². The Kier molecular flexibility index (Phi) is 8.31. The summed E-state index contributed by atoms with van der Waals surface area (Å²) in [5.41, 5.74) is 3.28. The molecule has 0 aromatic rings. The Bertz CT molecular complexity index is 389. The van der Waals surface area contributed by atoms with Gasteiger partial charge in [0.2, 0.25) is 0 Å². The minimum Gasteiger partial charge on any atom is -0.490 e. The maximum atomic E-state index is 13.1. The molecule has 0 rings (SSSR count). The predicted octanol–water partition coefficient (Wildman–Crippen LogP) is 3.26. The molecule has 3 nitrogen and oxygen atoms in total. The summed E-state index contributed by atoms with van der Waals surface area (Å²) in [4.78, 5) is 0. The molecule has 0 radical (unpaired) electrons. The van der Waals surface area contributed by atoms with Crippen LogP contribution in [0.15, 0.2) is 59.8 Å². The maximum Gasteiger partial charge on any atom is 0.121 e. The monoisotopic (exact) mass is 252 g/mol. The molecule has 0 bridgehead atoms. The van der Waals surface area contributed by atoms with E-state index < -0.39 is 0 Å². The molecule has 0 aliphatic rings. The van der Waals surface area contributed by atoms with Crippen molar-refractivity contribution in [2.24, 2.45) is 5.84 Å². The molecule has 0 spiro atoms. The number of hydrogen-bond acceptors (Lipinski definition) is 3. The van der Waals surface area contributed by atoms with Crippen LogP contribution in [0.1, 0.15) is 20.8 Å². The highest BCUT2D eigenvalue weighted by molar-refractivity contribution is 5.29. The van der Waals surface area contributed by atoms with Crippen LogP contribution in [0.5, 0.6) is 0 Å². The summed E-state index contributed by atoms with van der Waals surface area (Å²) in [6.45, 7) is 8.97. The van der Waals surface area contributed by atoms with Crippen molar-refractivity contribution in [1.82, 2.24) is 5.43 Å². The molecule has 0 heterocycles. The zero-order chi connectivity index (χ0) is 14.0. The van der Waals surface area contributed by atoms with Crippen LogP contribution in [0.4, 0.5) is 4.39 Å². The van der Waals surface area contributed by atoms with E-state index in [-0.39, 0.29) is 11.5 Å². The lowest BCUT2D eigenvalue weighted by atomic mass is 10.2. The number of nitrogens with two attached hydrogens (primary N) is 1. The van der Waals surface area contributed by atoms with E-state index in [2.05, 4.69) is 12.0 Å². The Labute approximate surface area is 108 Å². The molecule has 0 unspecified atom stereocenters. The van der Waals surface area contributed by atoms with Crippen molar-refractivity contribution in [3.05, 3.63) is 59.8 Å². The summed E-state index contributed by atoms with van der Waals surface area (Å²) < 4.78 is 18.5. The van der Waals surface area contributed by atoms with E-state index in [9.17, 15) is 4.39 Å². The van der Waals surface area contributed by atoms with Crippen LogP contribution in [-0.4, -0.2) is 6.61 Å². The standard InChI is InChI=1S/C14H21FN2O/c1-5-7-8-13(6-2)18-10-9-11(3)14(17-16)12(4)15/h5-9,17H,2,10,16H2,1,3-4H3/b7-5-,11-9-,13-8+,14-12-. The van der Waals surface area contributed by atoms with Gasteiger partial charge in [-0.25, -0.2) is 4.39 Å². The van der Waals surface area contributed by atoms with Gasteiger partial charge in [-0.05, 0) is 44.6 Å². The third-order valence-corrected chi connectivity index (χ3v) is 2.18. The Morgan fingerprint density at radius 2 is 2.11 bits per heavy atom. The van der Waals surface area contributed by atoms with Crippen molar-refractivity contribution in [3.63, 3.8) is 0 Å². The molecule has 100 valence electrons. The average Bonchev–Trinajstić information content (AvgIpc) is 2.33. The van der Waals surface area contributed by atoms with Gasteiger partial charge in [0, 0.05) is 0 Å². The van der Waals surface area contributed by atoms with Gasteiger partial charge in [-0.15, -0.1) is 0 Å². The van der Waals surface area contributed by atoms with Crippen LogP contribution < -0.4 is 11.3 Å². The summed E-state index contributed by atoms with van der Waals surface area (Å²) in [6, 6.07) is 0. The van der Waals surface area contributed by atoms with Crippen molar-refractivity contribution < 1.29 is 9.13 Å². The van der Waals surface area contributed by atoms with Gasteiger partial charge in [0.25, 0.3) is 0 Å². The Morgan fingerprint density at radius 1 is 1.44 bits per heavy atom. The summed E-state index contributed by atoms with van der Waals surface area (Å²) in [5, 5.41) is 0. The van der Waals surface area contributed by atoms with Gasteiger partial charge in [0.05, 0.1) is 5.70 Å². The first kappa shape index (κ1) is 16.2. The van der Waals surface area contributed by atoms with Crippen LogP contribution in [0, 0.1) is 0 Å². The number of rotatable bonds is 7. The summed E-state index contributed by atoms with van der Waals surface area (Å²) in [5.74, 6) is 5.52. The number of nitrogens with one attached hydrogen (secondary N) is 1. The fourth-order valence-electron chi connectivity index (χ4n) is 1.22. The number of allylic oxidation sites excluding steroid dienone is 6. The van der Waals surface area contributed by atoms with Gasteiger partial charge in [0.1, 0.15) is 18.2 Å². The Hall–Kier alpha value is -1.81. The van der Waals surface area contributed by atoms with E-state index in [1.807, 2.05) is 19.1 Å². The van der Waals surface area contributed by atoms with E-state index in [0.717, 1.165) is 0 Å². The summed E-state index contributed by atoms with van der Waals surface area (Å²) in [6.07, 6.45) is 8.90. The van der Waals surface area contributed by atoms with Crippen molar-refractivity contribution in [2.75, 3.05) is 6.61 Å². The molecule has 0 amide bonds. The van der Waals surface area contributed by atoms with Crippen molar-refractivity contribution >= 4 is 0 Å². The minimum absolute atomic E-state index is 0.274. The second-order valence-corrected chi connectivity index (χ2v) is 3.55. The highest BCUT2D eigenvalue weighted by Gasteiger charge is 2.02. The van der Waals surface area contributed by atoms with Crippen LogP contribution in [0.3, 0.4) is 0 Å². The Morgan fingerprint density at radius 3 is 2.56 bits per heavy atom. The molecule has 0 aliphatic carbocycles. The van der Waals surface area contributed by atoms with Crippen molar-refractivity contribution in [1.29, 1.82) is 0 Å². The van der Waals surface area contributed by atoms with E-state index in [1.54, 1.807) is 25.2 Å². The summed E-state index contributed by atoms with van der Waals surface area (Å²) in [7, 11) is 0. The SMILES string of the molecule is C=C/C(=C\C=C/C)OC/C=C(C)\C(NN)=C(/C)F. The normalized spacial score (nSPS) is 14.5. The minimum atomic E-state index is -0.361. The van der Waals surface area contributed by atoms with Gasteiger partial charge in [-0.2, -0.15) is 0 Å². The largest absolute Gasteiger partial charge is 0.490 e. The summed E-state index contributed by atoms with van der Waals surface area (Å²) >= 11 is 0. The third-order valence-electron chi connectivity index (χ3n) is 2.18. The fourth-order valence-corrected chi connectivity index (χ4v) is 1.22. The number of hydrogen-bond donors (Lipinski definition) is 2. The lowest BCUT2D eigenvalue weighted by Crippen LogP contribution is -2.22. The molecule has 18 heavy (non-hydrogen) atoms. The lowest BCUT2D eigenvalue weighted by molar-refractivity contribution is 0.261. The van der Waals surface area contributed by atoms with E-state index in [4.69, 9.17) is 10.6 Å². The first-order valence-electron chi connectivity index (χ1n) is 5.65. The van der Waals surface area contributed by atoms with Gasteiger partial charge < -0.3 is 10.2 Å². The Balaban J connectivity index is 4.57.